The Hall–Kier alpha value is -0.0800. The number of hydrogen-bond donors (Lipinski definition) is 1. The van der Waals surface area contributed by atoms with Crippen molar-refractivity contribution >= 4 is 0 Å². The molecule has 0 aromatic heterocycles. The van der Waals surface area contributed by atoms with Crippen LogP contribution in [0.5, 0.6) is 0 Å². The molecule has 0 amide bonds. The van der Waals surface area contributed by atoms with Gasteiger partial charge in [0.1, 0.15) is 0 Å². The van der Waals surface area contributed by atoms with Gasteiger partial charge in [0.15, 0.2) is 0 Å². The lowest BCUT2D eigenvalue weighted by molar-refractivity contribution is 0.182. The lowest BCUT2D eigenvalue weighted by Gasteiger charge is -2.32. The van der Waals surface area contributed by atoms with Crippen molar-refractivity contribution in [3.8, 4) is 0 Å². The minimum atomic E-state index is 0.600. The molecule has 0 radical (unpaired) electrons. The van der Waals surface area contributed by atoms with Crippen molar-refractivity contribution in [3.05, 3.63) is 0 Å². The average molecular weight is 212 g/mol. The van der Waals surface area contributed by atoms with Gasteiger partial charge in [-0.1, -0.05) is 13.3 Å². The Morgan fingerprint density at radius 1 is 1.27 bits per heavy atom. The molecule has 1 rings (SSSR count). The standard InChI is InChI=1S/C13H28N2/c1-5-13-7-6-9-15(10-8-13)12(3)11(2)14-4/h11-14H,5-10H2,1-4H3. The summed E-state index contributed by atoms with van der Waals surface area (Å²) in [5.74, 6) is 0.979. The van der Waals surface area contributed by atoms with Crippen molar-refractivity contribution < 1.29 is 0 Å². The second-order valence-corrected chi connectivity index (χ2v) is 5.06. The molecule has 2 heteroatoms. The van der Waals surface area contributed by atoms with E-state index < -0.39 is 0 Å². The summed E-state index contributed by atoms with van der Waals surface area (Å²) in [5, 5.41) is 3.37. The summed E-state index contributed by atoms with van der Waals surface area (Å²) in [6.45, 7) is 9.57. The zero-order chi connectivity index (χ0) is 11.3. The van der Waals surface area contributed by atoms with Crippen LogP contribution in [0.25, 0.3) is 0 Å². The van der Waals surface area contributed by atoms with Gasteiger partial charge in [-0.3, -0.25) is 4.90 Å². The predicted octanol–water partition coefficient (Wildman–Crippen LogP) is 2.49. The van der Waals surface area contributed by atoms with Crippen LogP contribution in [-0.4, -0.2) is 37.1 Å². The maximum Gasteiger partial charge on any atom is 0.0218 e. The molecule has 3 unspecified atom stereocenters. The molecule has 0 aromatic rings. The topological polar surface area (TPSA) is 15.3 Å². The van der Waals surface area contributed by atoms with E-state index in [-0.39, 0.29) is 0 Å². The third-order valence-corrected chi connectivity index (χ3v) is 4.21. The molecule has 1 fully saturated rings. The molecule has 1 aliphatic heterocycles. The number of likely N-dealkylation sites (tertiary alicyclic amines) is 1. The predicted molar refractivity (Wildman–Crippen MR) is 67.2 cm³/mol. The van der Waals surface area contributed by atoms with E-state index in [1.54, 1.807) is 0 Å². The van der Waals surface area contributed by atoms with Crippen molar-refractivity contribution in [1.29, 1.82) is 0 Å². The largest absolute Gasteiger partial charge is 0.316 e. The quantitative estimate of drug-likeness (QED) is 0.770. The lowest BCUT2D eigenvalue weighted by Crippen LogP contribution is -2.46. The third kappa shape index (κ3) is 3.76. The van der Waals surface area contributed by atoms with Crippen molar-refractivity contribution in [1.82, 2.24) is 10.2 Å². The van der Waals surface area contributed by atoms with Crippen molar-refractivity contribution in [3.63, 3.8) is 0 Å². The Balaban J connectivity index is 2.42. The summed E-state index contributed by atoms with van der Waals surface area (Å²) in [4.78, 5) is 2.66. The van der Waals surface area contributed by atoms with Gasteiger partial charge in [0.2, 0.25) is 0 Å². The summed E-state index contributed by atoms with van der Waals surface area (Å²) in [6, 6.07) is 1.27. The number of nitrogens with zero attached hydrogens (tertiary/aromatic N) is 1. The molecule has 90 valence electrons. The zero-order valence-electron chi connectivity index (χ0n) is 10.9. The second kappa shape index (κ2) is 6.49. The van der Waals surface area contributed by atoms with E-state index in [0.29, 0.717) is 12.1 Å². The number of nitrogens with one attached hydrogen (secondary N) is 1. The average Bonchev–Trinajstić information content (AvgIpc) is 2.51. The van der Waals surface area contributed by atoms with E-state index in [1.165, 1.54) is 38.8 Å². The highest BCUT2D eigenvalue weighted by Crippen LogP contribution is 2.21. The van der Waals surface area contributed by atoms with Crippen molar-refractivity contribution in [2.45, 2.75) is 58.5 Å². The summed E-state index contributed by atoms with van der Waals surface area (Å²) < 4.78 is 0. The van der Waals surface area contributed by atoms with Gasteiger partial charge in [-0.05, 0) is 59.2 Å². The molecular weight excluding hydrogens is 184 g/mol. The van der Waals surface area contributed by atoms with Crippen LogP contribution in [0.15, 0.2) is 0 Å². The van der Waals surface area contributed by atoms with E-state index >= 15 is 0 Å². The Morgan fingerprint density at radius 2 is 2.00 bits per heavy atom. The molecule has 2 nitrogen and oxygen atoms in total. The minimum Gasteiger partial charge on any atom is -0.316 e. The smallest absolute Gasteiger partial charge is 0.0218 e. The molecule has 0 bridgehead atoms. The third-order valence-electron chi connectivity index (χ3n) is 4.21. The Bertz CT molecular complexity index is 170. The summed E-state index contributed by atoms with van der Waals surface area (Å²) in [5.41, 5.74) is 0. The van der Waals surface area contributed by atoms with Gasteiger partial charge in [0.05, 0.1) is 0 Å². The summed E-state index contributed by atoms with van der Waals surface area (Å²) in [7, 11) is 2.06. The minimum absolute atomic E-state index is 0.600. The first kappa shape index (κ1) is 13.0. The number of rotatable bonds is 4. The van der Waals surface area contributed by atoms with Crippen LogP contribution in [0.2, 0.25) is 0 Å². The van der Waals surface area contributed by atoms with Crippen LogP contribution in [0, 0.1) is 5.92 Å². The highest BCUT2D eigenvalue weighted by atomic mass is 15.2. The Morgan fingerprint density at radius 3 is 2.60 bits per heavy atom. The monoisotopic (exact) mass is 212 g/mol. The molecule has 0 aromatic carbocycles. The molecule has 0 saturated carbocycles. The van der Waals surface area contributed by atoms with Crippen LogP contribution < -0.4 is 5.32 Å². The van der Waals surface area contributed by atoms with Gasteiger partial charge in [0.25, 0.3) is 0 Å². The maximum atomic E-state index is 3.37. The van der Waals surface area contributed by atoms with Gasteiger partial charge in [-0.25, -0.2) is 0 Å². The maximum absolute atomic E-state index is 3.37. The summed E-state index contributed by atoms with van der Waals surface area (Å²) >= 11 is 0. The van der Waals surface area contributed by atoms with E-state index in [1.807, 2.05) is 0 Å². The molecule has 0 aliphatic carbocycles. The molecule has 1 aliphatic rings. The van der Waals surface area contributed by atoms with Gasteiger partial charge < -0.3 is 5.32 Å². The fourth-order valence-electron chi connectivity index (χ4n) is 2.56. The van der Waals surface area contributed by atoms with E-state index in [4.69, 9.17) is 0 Å². The first-order valence-corrected chi connectivity index (χ1v) is 6.60. The molecule has 0 spiro atoms. The molecule has 1 saturated heterocycles. The Kier molecular flexibility index (Phi) is 5.62. The van der Waals surface area contributed by atoms with Crippen LogP contribution in [0.1, 0.15) is 46.5 Å². The van der Waals surface area contributed by atoms with Crippen LogP contribution in [0.3, 0.4) is 0 Å². The SMILES string of the molecule is CCC1CCCN(C(C)C(C)NC)CC1. The highest BCUT2D eigenvalue weighted by Gasteiger charge is 2.22. The normalized spacial score (nSPS) is 28.4. The zero-order valence-corrected chi connectivity index (χ0v) is 10.9. The van der Waals surface area contributed by atoms with Gasteiger partial charge in [-0.2, -0.15) is 0 Å². The van der Waals surface area contributed by atoms with Gasteiger partial charge >= 0.3 is 0 Å². The lowest BCUT2D eigenvalue weighted by atomic mass is 9.98. The number of hydrogen-bond acceptors (Lipinski definition) is 2. The van der Waals surface area contributed by atoms with Gasteiger partial charge in [-0.15, -0.1) is 0 Å². The molecule has 1 heterocycles. The first-order valence-electron chi connectivity index (χ1n) is 6.60. The molecule has 1 N–H and O–H groups in total. The fraction of sp³-hybridized carbons (Fsp3) is 1.00. The Labute approximate surface area is 95.4 Å². The molecule has 3 atom stereocenters. The van der Waals surface area contributed by atoms with Crippen LogP contribution in [0.4, 0.5) is 0 Å². The van der Waals surface area contributed by atoms with Crippen molar-refractivity contribution in [2.75, 3.05) is 20.1 Å². The van der Waals surface area contributed by atoms with E-state index in [2.05, 4.69) is 38.0 Å². The molecular formula is C13H28N2. The van der Waals surface area contributed by atoms with E-state index in [0.717, 1.165) is 5.92 Å². The summed E-state index contributed by atoms with van der Waals surface area (Å²) in [6.07, 6.45) is 5.59. The highest BCUT2D eigenvalue weighted by molar-refractivity contribution is 4.79. The fourth-order valence-corrected chi connectivity index (χ4v) is 2.56. The van der Waals surface area contributed by atoms with Gasteiger partial charge in [0, 0.05) is 12.1 Å². The first-order chi connectivity index (χ1) is 7.19. The molecule has 15 heavy (non-hydrogen) atoms. The van der Waals surface area contributed by atoms with Crippen LogP contribution in [-0.2, 0) is 0 Å². The van der Waals surface area contributed by atoms with E-state index in [9.17, 15) is 0 Å². The second-order valence-electron chi connectivity index (χ2n) is 5.06. The number of likely N-dealkylation sites (N-methyl/N-ethyl adjacent to an activating group) is 1. The van der Waals surface area contributed by atoms with Crippen LogP contribution >= 0.6 is 0 Å². The van der Waals surface area contributed by atoms with Crippen molar-refractivity contribution in [2.24, 2.45) is 5.92 Å².